The molecule has 0 radical (unpaired) electrons. The van der Waals surface area contributed by atoms with Crippen LogP contribution in [0.15, 0.2) is 24.3 Å². The van der Waals surface area contributed by atoms with Crippen molar-refractivity contribution in [3.8, 4) is 0 Å². The van der Waals surface area contributed by atoms with E-state index in [1.165, 1.54) is 0 Å². The normalized spacial score (nSPS) is 15.4. The molecule has 1 N–H and O–H groups in total. The van der Waals surface area contributed by atoms with Crippen LogP contribution in [0.25, 0.3) is 10.9 Å². The van der Waals surface area contributed by atoms with Crippen LogP contribution in [0, 0.1) is 13.8 Å². The number of nitrogens with one attached hydrogen (secondary N) is 1. The SMILES string of the molecule is CNC(=O)CN1CCN(C(=O)c2cc3cc(C)ccc3nc2C)CC1. The second kappa shape index (κ2) is 7.19. The summed E-state index contributed by atoms with van der Waals surface area (Å²) in [6, 6.07) is 8.02. The van der Waals surface area contributed by atoms with Gasteiger partial charge in [0.05, 0.1) is 23.3 Å². The van der Waals surface area contributed by atoms with Crippen LogP contribution in [-0.2, 0) is 4.79 Å². The summed E-state index contributed by atoms with van der Waals surface area (Å²) in [6.45, 7) is 6.97. The first-order valence-corrected chi connectivity index (χ1v) is 8.58. The third kappa shape index (κ3) is 3.79. The molecule has 2 amide bonds. The van der Waals surface area contributed by atoms with E-state index in [1.807, 2.05) is 36.9 Å². The smallest absolute Gasteiger partial charge is 0.255 e. The second-order valence-electron chi connectivity index (χ2n) is 6.56. The summed E-state index contributed by atoms with van der Waals surface area (Å²) in [5.74, 6) is 0.0257. The summed E-state index contributed by atoms with van der Waals surface area (Å²) >= 11 is 0. The van der Waals surface area contributed by atoms with Crippen molar-refractivity contribution in [2.45, 2.75) is 13.8 Å². The third-order valence-electron chi connectivity index (χ3n) is 4.70. The monoisotopic (exact) mass is 340 g/mol. The van der Waals surface area contributed by atoms with Gasteiger partial charge in [0.2, 0.25) is 5.91 Å². The molecule has 1 aliphatic heterocycles. The van der Waals surface area contributed by atoms with Crippen molar-refractivity contribution in [2.75, 3.05) is 39.8 Å². The lowest BCUT2D eigenvalue weighted by atomic mass is 10.1. The molecule has 6 nitrogen and oxygen atoms in total. The van der Waals surface area contributed by atoms with Gasteiger partial charge in [0.1, 0.15) is 0 Å². The summed E-state index contributed by atoms with van der Waals surface area (Å²) < 4.78 is 0. The fourth-order valence-electron chi connectivity index (χ4n) is 3.17. The quantitative estimate of drug-likeness (QED) is 0.916. The van der Waals surface area contributed by atoms with Gasteiger partial charge in [0.25, 0.3) is 5.91 Å². The number of nitrogens with zero attached hydrogens (tertiary/aromatic N) is 3. The predicted octanol–water partition coefficient (Wildman–Crippen LogP) is 1.36. The lowest BCUT2D eigenvalue weighted by Crippen LogP contribution is -2.51. The molecule has 132 valence electrons. The molecule has 1 aromatic heterocycles. The highest BCUT2D eigenvalue weighted by molar-refractivity contribution is 5.98. The van der Waals surface area contributed by atoms with Crippen LogP contribution in [0.2, 0.25) is 0 Å². The Morgan fingerprint density at radius 3 is 2.52 bits per heavy atom. The lowest BCUT2D eigenvalue weighted by molar-refractivity contribution is -0.122. The third-order valence-corrected chi connectivity index (χ3v) is 4.70. The highest BCUT2D eigenvalue weighted by atomic mass is 16.2. The minimum Gasteiger partial charge on any atom is -0.358 e. The number of aromatic nitrogens is 1. The minimum atomic E-state index is 0.00437. The zero-order valence-electron chi connectivity index (χ0n) is 15.0. The number of carbonyl (C=O) groups excluding carboxylic acids is 2. The van der Waals surface area contributed by atoms with Gasteiger partial charge >= 0.3 is 0 Å². The van der Waals surface area contributed by atoms with Crippen LogP contribution in [-0.4, -0.2) is 66.4 Å². The van der Waals surface area contributed by atoms with Crippen LogP contribution >= 0.6 is 0 Å². The van der Waals surface area contributed by atoms with E-state index in [9.17, 15) is 9.59 Å². The van der Waals surface area contributed by atoms with Crippen LogP contribution < -0.4 is 5.32 Å². The average molecular weight is 340 g/mol. The van der Waals surface area contributed by atoms with Gasteiger partial charge in [-0.3, -0.25) is 19.5 Å². The summed E-state index contributed by atoms with van der Waals surface area (Å²) in [7, 11) is 1.64. The number of hydrogen-bond acceptors (Lipinski definition) is 4. The van der Waals surface area contributed by atoms with E-state index in [2.05, 4.69) is 21.3 Å². The van der Waals surface area contributed by atoms with E-state index in [1.54, 1.807) is 7.05 Å². The zero-order valence-corrected chi connectivity index (χ0v) is 15.0. The van der Waals surface area contributed by atoms with Crippen molar-refractivity contribution in [3.63, 3.8) is 0 Å². The summed E-state index contributed by atoms with van der Waals surface area (Å²) in [5.41, 5.74) is 3.49. The number of fused-ring (bicyclic) bond motifs is 1. The van der Waals surface area contributed by atoms with Gasteiger partial charge in [-0.1, -0.05) is 11.6 Å². The first kappa shape index (κ1) is 17.4. The van der Waals surface area contributed by atoms with Gasteiger partial charge < -0.3 is 10.2 Å². The summed E-state index contributed by atoms with van der Waals surface area (Å²) in [6.07, 6.45) is 0. The molecule has 0 bridgehead atoms. The molecule has 0 unspecified atom stereocenters. The Kier molecular flexibility index (Phi) is 4.99. The molecule has 6 heteroatoms. The van der Waals surface area contributed by atoms with Gasteiger partial charge in [-0.15, -0.1) is 0 Å². The van der Waals surface area contributed by atoms with E-state index >= 15 is 0 Å². The number of amides is 2. The Balaban J connectivity index is 1.74. The number of pyridine rings is 1. The number of hydrogen-bond donors (Lipinski definition) is 1. The average Bonchev–Trinajstić information content (AvgIpc) is 2.61. The van der Waals surface area contributed by atoms with Crippen molar-refractivity contribution in [1.82, 2.24) is 20.1 Å². The van der Waals surface area contributed by atoms with E-state index in [0.29, 0.717) is 38.3 Å². The van der Waals surface area contributed by atoms with Crippen molar-refractivity contribution in [1.29, 1.82) is 0 Å². The Morgan fingerprint density at radius 1 is 1.12 bits per heavy atom. The second-order valence-corrected chi connectivity index (χ2v) is 6.56. The molecule has 1 aliphatic rings. The van der Waals surface area contributed by atoms with Crippen LogP contribution in [0.4, 0.5) is 0 Å². The van der Waals surface area contributed by atoms with Crippen molar-refractivity contribution < 1.29 is 9.59 Å². The molecule has 0 aliphatic carbocycles. The highest BCUT2D eigenvalue weighted by Gasteiger charge is 2.24. The maximum Gasteiger partial charge on any atom is 0.255 e. The number of likely N-dealkylation sites (N-methyl/N-ethyl adjacent to an activating group) is 1. The highest BCUT2D eigenvalue weighted by Crippen LogP contribution is 2.20. The molecule has 0 spiro atoms. The standard InChI is InChI=1S/C19H24N4O2/c1-13-4-5-17-15(10-13)11-16(14(2)21-17)19(25)23-8-6-22(7-9-23)12-18(24)20-3/h4-5,10-11H,6-9,12H2,1-3H3,(H,20,24). The van der Waals surface area contributed by atoms with E-state index in [0.717, 1.165) is 22.2 Å². The van der Waals surface area contributed by atoms with Crippen LogP contribution in [0.5, 0.6) is 0 Å². The fraction of sp³-hybridized carbons (Fsp3) is 0.421. The molecule has 0 atom stereocenters. The Hall–Kier alpha value is -2.47. The molecule has 0 saturated carbocycles. The van der Waals surface area contributed by atoms with Crippen molar-refractivity contribution in [3.05, 3.63) is 41.1 Å². The summed E-state index contributed by atoms with van der Waals surface area (Å²) in [5, 5.41) is 3.62. The Bertz CT molecular complexity index is 810. The molecule has 1 fully saturated rings. The topological polar surface area (TPSA) is 65.5 Å². The molecule has 25 heavy (non-hydrogen) atoms. The summed E-state index contributed by atoms with van der Waals surface area (Å²) in [4.78, 5) is 32.9. The van der Waals surface area contributed by atoms with Gasteiger partial charge in [-0.05, 0) is 32.0 Å². The van der Waals surface area contributed by atoms with Crippen molar-refractivity contribution >= 4 is 22.7 Å². The van der Waals surface area contributed by atoms with E-state index in [-0.39, 0.29) is 11.8 Å². The predicted molar refractivity (Wildman–Crippen MR) is 97.6 cm³/mol. The van der Waals surface area contributed by atoms with E-state index < -0.39 is 0 Å². The number of aryl methyl sites for hydroxylation is 2. The number of benzene rings is 1. The molecular weight excluding hydrogens is 316 g/mol. The van der Waals surface area contributed by atoms with Crippen LogP contribution in [0.1, 0.15) is 21.6 Å². The van der Waals surface area contributed by atoms with Crippen molar-refractivity contribution in [2.24, 2.45) is 0 Å². The largest absolute Gasteiger partial charge is 0.358 e. The van der Waals surface area contributed by atoms with Gasteiger partial charge in [0, 0.05) is 38.6 Å². The maximum absolute atomic E-state index is 12.9. The number of rotatable bonds is 3. The zero-order chi connectivity index (χ0) is 18.0. The molecule has 2 aromatic rings. The van der Waals surface area contributed by atoms with Gasteiger partial charge in [-0.25, -0.2) is 0 Å². The van der Waals surface area contributed by atoms with Gasteiger partial charge in [0.15, 0.2) is 0 Å². The van der Waals surface area contributed by atoms with Crippen LogP contribution in [0.3, 0.4) is 0 Å². The minimum absolute atomic E-state index is 0.00437. The molecule has 1 saturated heterocycles. The lowest BCUT2D eigenvalue weighted by Gasteiger charge is -2.34. The molecule has 3 rings (SSSR count). The number of carbonyl (C=O) groups is 2. The molecule has 2 heterocycles. The molecular formula is C19H24N4O2. The fourth-order valence-corrected chi connectivity index (χ4v) is 3.17. The first-order valence-electron chi connectivity index (χ1n) is 8.58. The Morgan fingerprint density at radius 2 is 1.84 bits per heavy atom. The molecule has 1 aromatic carbocycles. The number of piperazine rings is 1. The Labute approximate surface area is 147 Å². The first-order chi connectivity index (χ1) is 12.0. The maximum atomic E-state index is 12.9. The van der Waals surface area contributed by atoms with Gasteiger partial charge in [-0.2, -0.15) is 0 Å². The van der Waals surface area contributed by atoms with E-state index in [4.69, 9.17) is 0 Å².